The minimum Gasteiger partial charge on any atom is -0.254 e. The second kappa shape index (κ2) is 4.07. The first-order valence-electron chi connectivity index (χ1n) is 3.65. The molecular formula is C10H10ClN. The van der Waals surface area contributed by atoms with E-state index >= 15 is 0 Å². The molecule has 0 radical (unpaired) electrons. The van der Waals surface area contributed by atoms with E-state index in [2.05, 4.69) is 11.6 Å². The third-order valence-corrected chi connectivity index (χ3v) is 1.68. The van der Waals surface area contributed by atoms with Crippen molar-refractivity contribution in [2.24, 2.45) is 4.99 Å². The van der Waals surface area contributed by atoms with E-state index in [1.165, 1.54) is 0 Å². The van der Waals surface area contributed by atoms with Gasteiger partial charge in [-0.2, -0.15) is 0 Å². The van der Waals surface area contributed by atoms with Gasteiger partial charge in [0.15, 0.2) is 0 Å². The highest BCUT2D eigenvalue weighted by atomic mass is 35.5. The lowest BCUT2D eigenvalue weighted by Gasteiger charge is -1.94. The second-order valence-electron chi connectivity index (χ2n) is 2.43. The number of halogens is 1. The summed E-state index contributed by atoms with van der Waals surface area (Å²) in [6.45, 7) is 5.52. The first kappa shape index (κ1) is 9.01. The number of benzene rings is 1. The Morgan fingerprint density at radius 2 is 2.00 bits per heavy atom. The van der Waals surface area contributed by atoms with Gasteiger partial charge in [0, 0.05) is 10.7 Å². The topological polar surface area (TPSA) is 12.4 Å². The highest BCUT2D eigenvalue weighted by Crippen LogP contribution is 2.16. The Morgan fingerprint density at radius 3 is 2.50 bits per heavy atom. The highest BCUT2D eigenvalue weighted by Gasteiger charge is 1.89. The molecular weight excluding hydrogens is 170 g/mol. The summed E-state index contributed by atoms with van der Waals surface area (Å²) in [6, 6.07) is 7.37. The van der Waals surface area contributed by atoms with Crippen molar-refractivity contribution in [2.75, 3.05) is 0 Å². The van der Waals surface area contributed by atoms with Crippen LogP contribution in [0.4, 0.5) is 5.69 Å². The maximum Gasteiger partial charge on any atom is 0.0633 e. The first-order chi connectivity index (χ1) is 5.72. The molecule has 0 spiro atoms. The zero-order chi connectivity index (χ0) is 8.97. The van der Waals surface area contributed by atoms with Gasteiger partial charge in [0.2, 0.25) is 0 Å². The molecule has 12 heavy (non-hydrogen) atoms. The number of allylic oxidation sites excluding steroid dienone is 1. The SMILES string of the molecule is C=CC(C)=Nc1ccc(Cl)cc1. The molecule has 0 aliphatic rings. The van der Waals surface area contributed by atoms with Crippen molar-refractivity contribution in [2.45, 2.75) is 6.92 Å². The van der Waals surface area contributed by atoms with Gasteiger partial charge < -0.3 is 0 Å². The summed E-state index contributed by atoms with van der Waals surface area (Å²) in [4.78, 5) is 4.26. The maximum absolute atomic E-state index is 5.71. The fourth-order valence-electron chi connectivity index (χ4n) is 0.765. The zero-order valence-corrected chi connectivity index (χ0v) is 7.67. The average molecular weight is 180 g/mol. The summed E-state index contributed by atoms with van der Waals surface area (Å²) in [5.41, 5.74) is 1.80. The quantitative estimate of drug-likeness (QED) is 0.615. The molecule has 1 rings (SSSR count). The smallest absolute Gasteiger partial charge is 0.0633 e. The van der Waals surface area contributed by atoms with E-state index in [4.69, 9.17) is 11.6 Å². The number of rotatable bonds is 2. The molecule has 62 valence electrons. The van der Waals surface area contributed by atoms with Crippen molar-refractivity contribution in [1.82, 2.24) is 0 Å². The molecule has 0 aromatic heterocycles. The minimum absolute atomic E-state index is 0.727. The summed E-state index contributed by atoms with van der Waals surface area (Å²) in [6.07, 6.45) is 1.72. The molecule has 0 unspecified atom stereocenters. The molecule has 0 bridgehead atoms. The molecule has 0 heterocycles. The van der Waals surface area contributed by atoms with Crippen molar-refractivity contribution in [3.8, 4) is 0 Å². The second-order valence-corrected chi connectivity index (χ2v) is 2.87. The van der Waals surface area contributed by atoms with Crippen LogP contribution in [0.2, 0.25) is 5.02 Å². The van der Waals surface area contributed by atoms with E-state index in [0.29, 0.717) is 0 Å². The monoisotopic (exact) mass is 179 g/mol. The van der Waals surface area contributed by atoms with Gasteiger partial charge in [-0.1, -0.05) is 18.2 Å². The molecule has 0 aliphatic heterocycles. The van der Waals surface area contributed by atoms with Crippen LogP contribution in [0, 0.1) is 0 Å². The third-order valence-electron chi connectivity index (χ3n) is 1.43. The summed E-state index contributed by atoms with van der Waals surface area (Å²) >= 11 is 5.71. The number of nitrogens with zero attached hydrogens (tertiary/aromatic N) is 1. The van der Waals surface area contributed by atoms with Gasteiger partial charge in [0.1, 0.15) is 0 Å². The molecule has 0 fully saturated rings. The fraction of sp³-hybridized carbons (Fsp3) is 0.100. The Kier molecular flexibility index (Phi) is 3.06. The molecule has 0 saturated heterocycles. The molecule has 1 aromatic rings. The van der Waals surface area contributed by atoms with Crippen LogP contribution >= 0.6 is 11.6 Å². The van der Waals surface area contributed by atoms with Gasteiger partial charge in [-0.15, -0.1) is 0 Å². The van der Waals surface area contributed by atoms with Crippen LogP contribution in [0.25, 0.3) is 0 Å². The van der Waals surface area contributed by atoms with Crippen LogP contribution in [0.15, 0.2) is 41.9 Å². The van der Waals surface area contributed by atoms with E-state index in [-0.39, 0.29) is 0 Å². The van der Waals surface area contributed by atoms with E-state index in [1.54, 1.807) is 6.08 Å². The van der Waals surface area contributed by atoms with Crippen LogP contribution in [-0.4, -0.2) is 5.71 Å². The van der Waals surface area contributed by atoms with Crippen molar-refractivity contribution in [3.63, 3.8) is 0 Å². The third kappa shape index (κ3) is 2.51. The molecule has 0 N–H and O–H groups in total. The van der Waals surface area contributed by atoms with Gasteiger partial charge in [-0.3, -0.25) is 4.99 Å². The predicted octanol–water partition coefficient (Wildman–Crippen LogP) is 3.62. The molecule has 2 heteroatoms. The molecule has 0 saturated carbocycles. The van der Waals surface area contributed by atoms with Crippen molar-refractivity contribution >= 4 is 23.0 Å². The lowest BCUT2D eigenvalue weighted by molar-refractivity contribution is 1.50. The molecule has 1 aromatic carbocycles. The lowest BCUT2D eigenvalue weighted by Crippen LogP contribution is -1.80. The Hall–Kier alpha value is -1.08. The van der Waals surface area contributed by atoms with E-state index in [1.807, 2.05) is 31.2 Å². The summed E-state index contributed by atoms with van der Waals surface area (Å²) in [5, 5.41) is 0.727. The molecule has 0 aliphatic carbocycles. The summed E-state index contributed by atoms with van der Waals surface area (Å²) < 4.78 is 0. The van der Waals surface area contributed by atoms with Gasteiger partial charge in [0.05, 0.1) is 5.69 Å². The van der Waals surface area contributed by atoms with Crippen molar-refractivity contribution in [3.05, 3.63) is 41.9 Å². The molecule has 0 atom stereocenters. The number of hydrogen-bond acceptors (Lipinski definition) is 1. The summed E-state index contributed by atoms with van der Waals surface area (Å²) in [5.74, 6) is 0. The molecule has 0 amide bonds. The van der Waals surface area contributed by atoms with Crippen molar-refractivity contribution < 1.29 is 0 Å². The lowest BCUT2D eigenvalue weighted by atomic mass is 10.3. The maximum atomic E-state index is 5.71. The van der Waals surface area contributed by atoms with Crippen molar-refractivity contribution in [1.29, 1.82) is 0 Å². The van der Waals surface area contributed by atoms with Crippen LogP contribution in [0.1, 0.15) is 6.92 Å². The Balaban J connectivity index is 2.91. The molecule has 1 nitrogen and oxygen atoms in total. The standard InChI is InChI=1S/C10H10ClN/c1-3-8(2)12-10-6-4-9(11)5-7-10/h3-7H,1H2,2H3. The van der Waals surface area contributed by atoms with Crippen LogP contribution in [-0.2, 0) is 0 Å². The Bertz CT molecular complexity index is 298. The van der Waals surface area contributed by atoms with Gasteiger partial charge in [0.25, 0.3) is 0 Å². The Labute approximate surface area is 77.4 Å². The van der Waals surface area contributed by atoms with Crippen LogP contribution in [0.3, 0.4) is 0 Å². The van der Waals surface area contributed by atoms with E-state index in [0.717, 1.165) is 16.4 Å². The summed E-state index contributed by atoms with van der Waals surface area (Å²) in [7, 11) is 0. The zero-order valence-electron chi connectivity index (χ0n) is 6.92. The van der Waals surface area contributed by atoms with Gasteiger partial charge >= 0.3 is 0 Å². The van der Waals surface area contributed by atoms with Gasteiger partial charge in [-0.25, -0.2) is 0 Å². The minimum atomic E-state index is 0.727. The number of aliphatic imine (C=N–C) groups is 1. The Morgan fingerprint density at radius 1 is 1.42 bits per heavy atom. The predicted molar refractivity (Wildman–Crippen MR) is 54.4 cm³/mol. The van der Waals surface area contributed by atoms with E-state index in [9.17, 15) is 0 Å². The largest absolute Gasteiger partial charge is 0.254 e. The first-order valence-corrected chi connectivity index (χ1v) is 4.03. The van der Waals surface area contributed by atoms with Gasteiger partial charge in [-0.05, 0) is 37.3 Å². The van der Waals surface area contributed by atoms with E-state index < -0.39 is 0 Å². The number of hydrogen-bond donors (Lipinski definition) is 0. The van der Waals surface area contributed by atoms with Crippen LogP contribution in [0.5, 0.6) is 0 Å². The normalized spacial score (nSPS) is 11.3. The van der Waals surface area contributed by atoms with Crippen LogP contribution < -0.4 is 0 Å². The highest BCUT2D eigenvalue weighted by molar-refractivity contribution is 6.30. The fourth-order valence-corrected chi connectivity index (χ4v) is 0.891. The average Bonchev–Trinajstić information content (AvgIpc) is 2.09.